The maximum Gasteiger partial charge on any atom is 0.238 e. The fourth-order valence-corrected chi connectivity index (χ4v) is 3.78. The highest BCUT2D eigenvalue weighted by atomic mass is 19.3. The van der Waals surface area contributed by atoms with Gasteiger partial charge in [-0.15, -0.1) is 0 Å². The third kappa shape index (κ3) is 4.81. The summed E-state index contributed by atoms with van der Waals surface area (Å²) in [5, 5.41) is 4.31. The molecule has 4 aromatic rings. The van der Waals surface area contributed by atoms with Crippen molar-refractivity contribution in [2.24, 2.45) is 0 Å². The summed E-state index contributed by atoms with van der Waals surface area (Å²) in [4.78, 5) is 16.3. The molecular weight excluding hydrogens is 405 g/mol. The van der Waals surface area contributed by atoms with E-state index in [0.717, 1.165) is 22.2 Å². The van der Waals surface area contributed by atoms with Gasteiger partial charge in [0.25, 0.3) is 0 Å². The number of aromatic amines is 1. The lowest BCUT2D eigenvalue weighted by Crippen LogP contribution is -2.23. The van der Waals surface area contributed by atoms with Gasteiger partial charge in [0.2, 0.25) is 12.4 Å². The highest BCUT2D eigenvalue weighted by Crippen LogP contribution is 2.29. The van der Waals surface area contributed by atoms with E-state index in [9.17, 15) is 13.2 Å². The average molecular weight is 430 g/mol. The largest absolute Gasteiger partial charge is 0.351 e. The van der Waals surface area contributed by atoms with Gasteiger partial charge < -0.3 is 14.7 Å². The van der Waals surface area contributed by atoms with Crippen molar-refractivity contribution in [3.8, 4) is 11.1 Å². The summed E-state index contributed by atoms with van der Waals surface area (Å²) in [6.07, 6.45) is 12.9. The number of anilines is 1. The van der Waals surface area contributed by atoms with Gasteiger partial charge in [0.15, 0.2) is 11.5 Å². The number of alkyl halides is 2. The number of hydrogen-bond acceptors (Lipinski definition) is 4. The van der Waals surface area contributed by atoms with Crippen LogP contribution >= 0.6 is 0 Å². The van der Waals surface area contributed by atoms with Crippen molar-refractivity contribution in [3.05, 3.63) is 42.9 Å². The van der Waals surface area contributed by atoms with Gasteiger partial charge in [0, 0.05) is 60.0 Å². The minimum atomic E-state index is -2.12. The molecule has 1 fully saturated rings. The molecule has 6 nitrogen and oxygen atoms in total. The zero-order chi connectivity index (χ0) is 21.8. The molecule has 0 saturated heterocycles. The maximum absolute atomic E-state index is 14.3. The predicted molar refractivity (Wildman–Crippen MR) is 115 cm³/mol. The van der Waals surface area contributed by atoms with Crippen LogP contribution in [0.3, 0.4) is 0 Å². The Labute approximate surface area is 177 Å². The van der Waals surface area contributed by atoms with Crippen LogP contribution in [-0.4, -0.2) is 36.8 Å². The van der Waals surface area contributed by atoms with Gasteiger partial charge in [0.1, 0.15) is 5.65 Å². The second kappa shape index (κ2) is 9.36. The van der Waals surface area contributed by atoms with E-state index in [0.29, 0.717) is 17.6 Å². The quantitative estimate of drug-likeness (QED) is 0.428. The molecule has 31 heavy (non-hydrogen) atoms. The van der Waals surface area contributed by atoms with E-state index in [1.807, 2.05) is 12.4 Å². The van der Waals surface area contributed by atoms with E-state index in [2.05, 4.69) is 25.3 Å². The average Bonchev–Trinajstić information content (AvgIpc) is 3.42. The molecule has 2 N–H and O–H groups in total. The second-order valence-electron chi connectivity index (χ2n) is 7.67. The Morgan fingerprint density at radius 3 is 2.74 bits per heavy atom. The molecular formula is C22H25F3N6. The van der Waals surface area contributed by atoms with Crippen molar-refractivity contribution in [1.29, 1.82) is 0 Å². The van der Waals surface area contributed by atoms with Gasteiger partial charge in [0.05, 0.1) is 0 Å². The number of hydrogen-bond donors (Lipinski definition) is 2. The summed E-state index contributed by atoms with van der Waals surface area (Å²) in [6.45, 7) is 1.45. The first-order valence-electron chi connectivity index (χ1n) is 10.6. The Balaban J connectivity index is 0.000000418. The van der Waals surface area contributed by atoms with Gasteiger partial charge in [-0.3, -0.25) is 0 Å². The molecule has 0 aromatic carbocycles. The van der Waals surface area contributed by atoms with Crippen LogP contribution in [0.4, 0.5) is 19.1 Å². The first-order chi connectivity index (χ1) is 15.0. The van der Waals surface area contributed by atoms with E-state index in [-0.39, 0.29) is 12.2 Å². The molecule has 0 amide bonds. The molecule has 9 heteroatoms. The number of rotatable bonds is 4. The van der Waals surface area contributed by atoms with E-state index in [1.54, 1.807) is 23.0 Å². The number of H-pyrrole nitrogens is 1. The van der Waals surface area contributed by atoms with Crippen molar-refractivity contribution in [1.82, 2.24) is 24.3 Å². The molecule has 1 aliphatic rings. The summed E-state index contributed by atoms with van der Waals surface area (Å²) in [5.41, 5.74) is 2.71. The van der Waals surface area contributed by atoms with Crippen molar-refractivity contribution >= 4 is 22.6 Å². The molecule has 0 atom stereocenters. The van der Waals surface area contributed by atoms with Crippen molar-refractivity contribution in [2.45, 2.75) is 57.9 Å². The number of fused-ring (bicyclic) bond motifs is 2. The van der Waals surface area contributed by atoms with Crippen LogP contribution in [0.2, 0.25) is 0 Å². The van der Waals surface area contributed by atoms with E-state index >= 15 is 0 Å². The van der Waals surface area contributed by atoms with Crippen LogP contribution in [0.15, 0.2) is 37.1 Å². The van der Waals surface area contributed by atoms with Gasteiger partial charge in [-0.25, -0.2) is 23.1 Å². The summed E-state index contributed by atoms with van der Waals surface area (Å²) in [5.74, 6) is 0.299. The van der Waals surface area contributed by atoms with Crippen molar-refractivity contribution < 1.29 is 13.2 Å². The molecule has 4 aromatic heterocycles. The molecule has 0 unspecified atom stereocenters. The monoisotopic (exact) mass is 430 g/mol. The Morgan fingerprint density at radius 2 is 2.00 bits per heavy atom. The normalized spacial score (nSPS) is 14.7. The maximum atomic E-state index is 14.3. The zero-order valence-electron chi connectivity index (χ0n) is 17.3. The molecule has 4 heterocycles. The molecule has 5 rings (SSSR count). The van der Waals surface area contributed by atoms with Gasteiger partial charge >= 0.3 is 0 Å². The predicted octanol–water partition coefficient (Wildman–Crippen LogP) is 5.82. The second-order valence-corrected chi connectivity index (χ2v) is 7.67. The summed E-state index contributed by atoms with van der Waals surface area (Å²) < 4.78 is 37.5. The van der Waals surface area contributed by atoms with Crippen LogP contribution < -0.4 is 5.32 Å². The highest BCUT2D eigenvalue weighted by Gasteiger charge is 2.16. The lowest BCUT2D eigenvalue weighted by Gasteiger charge is -2.22. The van der Waals surface area contributed by atoms with E-state index < -0.39 is 6.43 Å². The van der Waals surface area contributed by atoms with Crippen molar-refractivity contribution in [3.63, 3.8) is 0 Å². The molecule has 1 aliphatic carbocycles. The van der Waals surface area contributed by atoms with Gasteiger partial charge in [-0.1, -0.05) is 26.2 Å². The molecule has 0 radical (unpaired) electrons. The summed E-state index contributed by atoms with van der Waals surface area (Å²) in [6, 6.07) is 1.95. The van der Waals surface area contributed by atoms with Crippen LogP contribution in [0.5, 0.6) is 0 Å². The number of halogens is 3. The van der Waals surface area contributed by atoms with Crippen molar-refractivity contribution in [2.75, 3.05) is 5.32 Å². The number of nitrogens with zero attached hydrogens (tertiary/aromatic N) is 4. The highest BCUT2D eigenvalue weighted by molar-refractivity contribution is 5.93. The molecule has 0 spiro atoms. The summed E-state index contributed by atoms with van der Waals surface area (Å²) >= 11 is 0. The van der Waals surface area contributed by atoms with E-state index in [4.69, 9.17) is 0 Å². The Bertz CT molecular complexity index is 1150. The SMILES string of the molecule is CCC(F)F.Fc1cc(-c2c[nH]c3nc(NC4CCCCC4)ncc23)cn2ccnc12. The Hall–Kier alpha value is -3.10. The minimum Gasteiger partial charge on any atom is -0.351 e. The van der Waals surface area contributed by atoms with E-state index in [1.165, 1.54) is 45.1 Å². The molecule has 0 aliphatic heterocycles. The summed E-state index contributed by atoms with van der Waals surface area (Å²) in [7, 11) is 0. The Kier molecular flexibility index (Phi) is 6.39. The fourth-order valence-electron chi connectivity index (χ4n) is 3.78. The first-order valence-corrected chi connectivity index (χ1v) is 10.6. The van der Waals surface area contributed by atoms with Crippen LogP contribution in [-0.2, 0) is 0 Å². The van der Waals surface area contributed by atoms with Crippen LogP contribution in [0.25, 0.3) is 27.8 Å². The number of aromatic nitrogens is 5. The molecule has 0 bridgehead atoms. The van der Waals surface area contributed by atoms with Gasteiger partial charge in [-0.05, 0) is 18.9 Å². The first kappa shape index (κ1) is 21.1. The zero-order valence-corrected chi connectivity index (χ0v) is 17.3. The minimum absolute atomic E-state index is 0.0278. The third-order valence-electron chi connectivity index (χ3n) is 5.43. The number of imidazole rings is 1. The standard InChI is InChI=1S/C19H19FN6.C3H6F2/c20-16-8-12(11-26-7-6-21-18(16)26)14-9-22-17-15(14)10-23-19(25-17)24-13-4-2-1-3-5-13;1-2-3(4)5/h6-11,13H,1-5H2,(H2,22,23,24,25);3H,2H2,1H3. The third-order valence-corrected chi connectivity index (χ3v) is 5.43. The lowest BCUT2D eigenvalue weighted by molar-refractivity contribution is 0.144. The van der Waals surface area contributed by atoms with Crippen LogP contribution in [0, 0.1) is 5.82 Å². The fraction of sp³-hybridized carbons (Fsp3) is 0.409. The lowest BCUT2D eigenvalue weighted by atomic mass is 9.96. The molecule has 164 valence electrons. The number of pyridine rings is 1. The van der Waals surface area contributed by atoms with Crippen LogP contribution in [0.1, 0.15) is 45.4 Å². The topological polar surface area (TPSA) is 70.9 Å². The van der Waals surface area contributed by atoms with Gasteiger partial charge in [-0.2, -0.15) is 4.98 Å². The molecule has 1 saturated carbocycles. The number of nitrogens with one attached hydrogen (secondary N) is 2. The Morgan fingerprint density at radius 1 is 1.23 bits per heavy atom. The smallest absolute Gasteiger partial charge is 0.238 e.